The summed E-state index contributed by atoms with van der Waals surface area (Å²) in [7, 11) is 0. The van der Waals surface area contributed by atoms with Crippen LogP contribution in [0.2, 0.25) is 10.0 Å². The largest absolute Gasteiger partial charge is 0.319 e. The number of benzene rings is 4. The number of amides is 1. The molecule has 1 heterocycles. The van der Waals surface area contributed by atoms with E-state index in [0.29, 0.717) is 32.8 Å². The average molecular weight is 477 g/mol. The second-order valence-corrected chi connectivity index (χ2v) is 8.07. The maximum atomic E-state index is 13.5. The standard InChI is InChI=1S/C25H15Cl2FN4O/c26-20-13-12-18(14-21(20)27)32-24(16-8-10-17(28)11-9-16)30-23(31-32)25(33)29-22-7-3-5-15-4-1-2-6-19(15)22/h1-14H,(H,29,33). The molecule has 5 aromatic rings. The van der Waals surface area contributed by atoms with Gasteiger partial charge in [-0.2, -0.15) is 0 Å². The Hall–Kier alpha value is -3.74. The molecule has 0 aliphatic heterocycles. The van der Waals surface area contributed by atoms with Gasteiger partial charge in [-0.3, -0.25) is 4.79 Å². The van der Waals surface area contributed by atoms with Crippen LogP contribution in [0.4, 0.5) is 10.1 Å². The lowest BCUT2D eigenvalue weighted by Crippen LogP contribution is -2.14. The molecule has 1 aromatic heterocycles. The number of nitrogens with one attached hydrogen (secondary N) is 1. The zero-order valence-electron chi connectivity index (χ0n) is 17.0. The Morgan fingerprint density at radius 1 is 0.879 bits per heavy atom. The molecule has 162 valence electrons. The van der Waals surface area contributed by atoms with E-state index in [9.17, 15) is 9.18 Å². The zero-order valence-corrected chi connectivity index (χ0v) is 18.5. The molecule has 0 atom stereocenters. The van der Waals surface area contributed by atoms with E-state index < -0.39 is 5.91 Å². The third-order valence-electron chi connectivity index (χ3n) is 5.10. The summed E-state index contributed by atoms with van der Waals surface area (Å²) in [5.74, 6) is -0.549. The fourth-order valence-corrected chi connectivity index (χ4v) is 3.80. The minimum Gasteiger partial charge on any atom is -0.319 e. The van der Waals surface area contributed by atoms with E-state index >= 15 is 0 Å². The molecule has 0 aliphatic carbocycles. The average Bonchev–Trinajstić information content (AvgIpc) is 3.27. The number of hydrogen-bond acceptors (Lipinski definition) is 3. The third kappa shape index (κ3) is 4.18. The predicted octanol–water partition coefficient (Wildman–Crippen LogP) is 6.79. The van der Waals surface area contributed by atoms with Gasteiger partial charge in [-0.1, -0.05) is 59.6 Å². The van der Waals surface area contributed by atoms with Crippen LogP contribution in [0, 0.1) is 5.82 Å². The summed E-state index contributed by atoms with van der Waals surface area (Å²) in [5, 5.41) is 9.93. The van der Waals surface area contributed by atoms with E-state index in [4.69, 9.17) is 23.2 Å². The summed E-state index contributed by atoms with van der Waals surface area (Å²) < 4.78 is 15.0. The number of carbonyl (C=O) groups excluding carboxylic acids is 1. The first kappa shape index (κ1) is 21.1. The van der Waals surface area contributed by atoms with E-state index in [0.717, 1.165) is 10.8 Å². The number of halogens is 3. The van der Waals surface area contributed by atoms with E-state index in [1.54, 1.807) is 30.3 Å². The summed E-state index contributed by atoms with van der Waals surface area (Å²) in [6.07, 6.45) is 0. The van der Waals surface area contributed by atoms with Crippen molar-refractivity contribution in [1.29, 1.82) is 0 Å². The fourth-order valence-electron chi connectivity index (χ4n) is 3.50. The molecular formula is C25H15Cl2FN4O. The van der Waals surface area contributed by atoms with Crippen molar-refractivity contribution in [3.63, 3.8) is 0 Å². The minimum atomic E-state index is -0.478. The highest BCUT2D eigenvalue weighted by Crippen LogP contribution is 2.28. The number of hydrogen-bond donors (Lipinski definition) is 1. The van der Waals surface area contributed by atoms with Gasteiger partial charge in [0, 0.05) is 16.6 Å². The Bertz CT molecular complexity index is 1490. The van der Waals surface area contributed by atoms with Crippen LogP contribution < -0.4 is 5.32 Å². The van der Waals surface area contributed by atoms with Gasteiger partial charge in [0.15, 0.2) is 5.82 Å². The Kier molecular flexibility index (Phi) is 5.54. The molecule has 0 saturated heterocycles. The van der Waals surface area contributed by atoms with Crippen LogP contribution in [0.3, 0.4) is 0 Å². The number of rotatable bonds is 4. The third-order valence-corrected chi connectivity index (χ3v) is 5.84. The molecule has 0 saturated carbocycles. The van der Waals surface area contributed by atoms with Gasteiger partial charge in [-0.05, 0) is 53.9 Å². The highest BCUT2D eigenvalue weighted by Gasteiger charge is 2.20. The maximum absolute atomic E-state index is 13.5. The van der Waals surface area contributed by atoms with Gasteiger partial charge in [0.2, 0.25) is 5.82 Å². The van der Waals surface area contributed by atoms with Crippen molar-refractivity contribution in [2.45, 2.75) is 0 Å². The first-order valence-corrected chi connectivity index (χ1v) is 10.7. The van der Waals surface area contributed by atoms with Gasteiger partial charge < -0.3 is 5.32 Å². The molecular weight excluding hydrogens is 462 g/mol. The monoisotopic (exact) mass is 476 g/mol. The van der Waals surface area contributed by atoms with E-state index in [2.05, 4.69) is 15.4 Å². The number of carbonyl (C=O) groups is 1. The van der Waals surface area contributed by atoms with Gasteiger partial charge in [0.25, 0.3) is 5.91 Å². The first-order valence-electron chi connectivity index (χ1n) is 9.97. The molecule has 0 radical (unpaired) electrons. The van der Waals surface area contributed by atoms with Gasteiger partial charge in [-0.25, -0.2) is 14.1 Å². The van der Waals surface area contributed by atoms with Crippen LogP contribution in [0.15, 0.2) is 84.9 Å². The molecule has 1 N–H and O–H groups in total. The molecule has 5 rings (SSSR count). The van der Waals surface area contributed by atoms with Gasteiger partial charge in [0.05, 0.1) is 15.7 Å². The molecule has 8 heteroatoms. The summed E-state index contributed by atoms with van der Waals surface area (Å²) in [5.41, 5.74) is 1.78. The second-order valence-electron chi connectivity index (χ2n) is 7.26. The summed E-state index contributed by atoms with van der Waals surface area (Å²) in [6.45, 7) is 0. The SMILES string of the molecule is O=C(Nc1cccc2ccccc12)c1nc(-c2ccc(F)cc2)n(-c2ccc(Cl)c(Cl)c2)n1. The lowest BCUT2D eigenvalue weighted by atomic mass is 10.1. The summed E-state index contributed by atoms with van der Waals surface area (Å²) in [4.78, 5) is 17.6. The van der Waals surface area contributed by atoms with Crippen molar-refractivity contribution in [3.05, 3.63) is 107 Å². The van der Waals surface area contributed by atoms with Crippen LogP contribution in [-0.2, 0) is 0 Å². The van der Waals surface area contributed by atoms with Crippen molar-refractivity contribution in [2.75, 3.05) is 5.32 Å². The van der Waals surface area contributed by atoms with Crippen molar-refractivity contribution in [3.8, 4) is 17.1 Å². The van der Waals surface area contributed by atoms with Crippen molar-refractivity contribution in [2.24, 2.45) is 0 Å². The summed E-state index contributed by atoms with van der Waals surface area (Å²) >= 11 is 12.2. The highest BCUT2D eigenvalue weighted by atomic mass is 35.5. The lowest BCUT2D eigenvalue weighted by molar-refractivity contribution is 0.101. The Morgan fingerprint density at radius 2 is 1.64 bits per heavy atom. The van der Waals surface area contributed by atoms with Crippen LogP contribution in [0.25, 0.3) is 27.8 Å². The molecule has 0 bridgehead atoms. The normalized spacial score (nSPS) is 11.0. The number of anilines is 1. The van der Waals surface area contributed by atoms with E-state index in [1.807, 2.05) is 42.5 Å². The Balaban J connectivity index is 1.58. The quantitative estimate of drug-likeness (QED) is 0.310. The Labute approximate surface area is 198 Å². The zero-order chi connectivity index (χ0) is 22.9. The van der Waals surface area contributed by atoms with Crippen LogP contribution >= 0.6 is 23.2 Å². The number of aromatic nitrogens is 3. The maximum Gasteiger partial charge on any atom is 0.295 e. The first-order chi connectivity index (χ1) is 16.0. The molecule has 0 fully saturated rings. The van der Waals surface area contributed by atoms with Gasteiger partial charge in [-0.15, -0.1) is 5.10 Å². The van der Waals surface area contributed by atoms with Crippen molar-refractivity contribution >= 4 is 45.6 Å². The lowest BCUT2D eigenvalue weighted by Gasteiger charge is -2.07. The second kappa shape index (κ2) is 8.65. The summed E-state index contributed by atoms with van der Waals surface area (Å²) in [6, 6.07) is 24.1. The van der Waals surface area contributed by atoms with Crippen molar-refractivity contribution < 1.29 is 9.18 Å². The minimum absolute atomic E-state index is 0.0478. The molecule has 0 aliphatic rings. The highest BCUT2D eigenvalue weighted by molar-refractivity contribution is 6.42. The number of fused-ring (bicyclic) bond motifs is 1. The Morgan fingerprint density at radius 3 is 2.42 bits per heavy atom. The van der Waals surface area contributed by atoms with E-state index in [1.165, 1.54) is 16.8 Å². The molecule has 5 nitrogen and oxygen atoms in total. The van der Waals surface area contributed by atoms with Gasteiger partial charge >= 0.3 is 0 Å². The molecule has 33 heavy (non-hydrogen) atoms. The smallest absolute Gasteiger partial charge is 0.295 e. The number of nitrogens with zero attached hydrogens (tertiary/aromatic N) is 3. The molecule has 0 unspecified atom stereocenters. The van der Waals surface area contributed by atoms with Crippen LogP contribution in [0.5, 0.6) is 0 Å². The molecule has 0 spiro atoms. The molecule has 1 amide bonds. The fraction of sp³-hybridized carbons (Fsp3) is 0. The van der Waals surface area contributed by atoms with Crippen LogP contribution in [0.1, 0.15) is 10.6 Å². The van der Waals surface area contributed by atoms with Crippen LogP contribution in [-0.4, -0.2) is 20.7 Å². The predicted molar refractivity (Wildman–Crippen MR) is 129 cm³/mol. The topological polar surface area (TPSA) is 59.8 Å². The molecule has 4 aromatic carbocycles. The van der Waals surface area contributed by atoms with Gasteiger partial charge in [0.1, 0.15) is 5.82 Å². The van der Waals surface area contributed by atoms with Crippen molar-refractivity contribution in [1.82, 2.24) is 14.8 Å². The van der Waals surface area contributed by atoms with E-state index in [-0.39, 0.29) is 11.6 Å².